The first-order valence-electron chi connectivity index (χ1n) is 8.53. The molecule has 0 spiro atoms. The molecule has 1 fully saturated rings. The fourth-order valence-electron chi connectivity index (χ4n) is 2.13. The Hall–Kier alpha value is 0.909. The van der Waals surface area contributed by atoms with E-state index in [-0.39, 0.29) is 0 Å². The maximum Gasteiger partial charge on any atom is 0.0130 e. The largest absolute Gasteiger partial charge is 0.772 e. The molecule has 1 aliphatic rings. The minimum atomic E-state index is -1.78. The first kappa shape index (κ1) is 20.9. The Bertz CT molecular complexity index is 213. The molecule has 0 N–H and O–H groups in total. The standard InChI is InChI=1S/C4H8O2S.3C4H9.Sn/c5-7(6)3-4-1-2-4;3*1-3-4-2;/h4H,1-3H2,(H,5,6);3*1,3-4H2,2H3;/q;;;;+1/p-1. The zero-order chi connectivity index (χ0) is 15.2. The predicted octanol–water partition coefficient (Wildman–Crippen LogP) is 5.16. The van der Waals surface area contributed by atoms with Crippen LogP contribution in [0.15, 0.2) is 0 Å². The van der Waals surface area contributed by atoms with Gasteiger partial charge in [0, 0.05) is 5.75 Å². The van der Waals surface area contributed by atoms with E-state index in [1.54, 1.807) is 13.3 Å². The molecule has 0 aromatic heterocycles. The molecule has 2 nitrogen and oxygen atoms in total. The Balaban J connectivity index is 0.000000428. The summed E-state index contributed by atoms with van der Waals surface area (Å²) in [6.07, 6.45) is 11.1. The molecule has 4 heteroatoms. The molecule has 0 saturated heterocycles. The van der Waals surface area contributed by atoms with Crippen LogP contribution in [0.3, 0.4) is 0 Å². The van der Waals surface area contributed by atoms with Crippen molar-refractivity contribution in [2.45, 2.75) is 85.4 Å². The van der Waals surface area contributed by atoms with Crippen molar-refractivity contribution in [3.8, 4) is 0 Å². The zero-order valence-electron chi connectivity index (χ0n) is 13.8. The topological polar surface area (TPSA) is 40.1 Å². The predicted molar refractivity (Wildman–Crippen MR) is 91.4 cm³/mol. The van der Waals surface area contributed by atoms with E-state index >= 15 is 0 Å². The second-order valence-electron chi connectivity index (χ2n) is 5.97. The number of rotatable bonds is 11. The van der Waals surface area contributed by atoms with Gasteiger partial charge in [-0.2, -0.15) is 0 Å². The smallest absolute Gasteiger partial charge is 0.0130 e. The summed E-state index contributed by atoms with van der Waals surface area (Å²) >= 11 is -2.62. The third-order valence-corrected chi connectivity index (χ3v) is 13.5. The minimum Gasteiger partial charge on any atom is -0.772 e. The molecule has 120 valence electrons. The molecule has 0 aliphatic heterocycles. The van der Waals surface area contributed by atoms with Crippen LogP contribution < -0.4 is 0 Å². The monoisotopic (exact) mass is 410 g/mol. The van der Waals surface area contributed by atoms with Crippen molar-refractivity contribution in [2.24, 2.45) is 5.92 Å². The van der Waals surface area contributed by atoms with Crippen molar-refractivity contribution in [3.05, 3.63) is 0 Å². The van der Waals surface area contributed by atoms with E-state index in [4.69, 9.17) is 0 Å². The fraction of sp³-hybridized carbons (Fsp3) is 1.00. The average molecular weight is 409 g/mol. The number of hydrogen-bond donors (Lipinski definition) is 0. The number of unbranched alkanes of at least 4 members (excludes halogenated alkanes) is 3. The van der Waals surface area contributed by atoms with E-state index < -0.39 is 30.8 Å². The summed E-state index contributed by atoms with van der Waals surface area (Å²) in [7, 11) is 0. The number of hydrogen-bond acceptors (Lipinski definition) is 2. The van der Waals surface area contributed by atoms with Gasteiger partial charge in [0.15, 0.2) is 0 Å². The van der Waals surface area contributed by atoms with Gasteiger partial charge in [-0.1, -0.05) is 11.1 Å². The molecule has 0 amide bonds. The molecular weight excluding hydrogens is 375 g/mol. The van der Waals surface area contributed by atoms with Crippen LogP contribution in [0.5, 0.6) is 0 Å². The Morgan fingerprint density at radius 3 is 1.55 bits per heavy atom. The average Bonchev–Trinajstić information content (AvgIpc) is 3.22. The zero-order valence-corrected chi connectivity index (χ0v) is 17.5. The Morgan fingerprint density at radius 2 is 1.35 bits per heavy atom. The summed E-state index contributed by atoms with van der Waals surface area (Å²) in [5.41, 5.74) is 0. The van der Waals surface area contributed by atoms with Crippen LogP contribution in [-0.4, -0.2) is 34.3 Å². The normalized spacial score (nSPS) is 15.4. The molecular formula is C16H34O2SSn. The van der Waals surface area contributed by atoms with Gasteiger partial charge in [0.25, 0.3) is 0 Å². The summed E-state index contributed by atoms with van der Waals surface area (Å²) in [4.78, 5) is 0. The summed E-state index contributed by atoms with van der Waals surface area (Å²) < 4.78 is 24.7. The first-order chi connectivity index (χ1) is 9.63. The van der Waals surface area contributed by atoms with Crippen molar-refractivity contribution in [1.82, 2.24) is 0 Å². The molecule has 1 rings (SSSR count). The molecule has 1 saturated carbocycles. The van der Waals surface area contributed by atoms with Gasteiger partial charge >= 0.3 is 92.4 Å². The van der Waals surface area contributed by atoms with E-state index in [1.807, 2.05) is 0 Å². The van der Waals surface area contributed by atoms with Crippen LogP contribution in [0, 0.1) is 5.92 Å². The van der Waals surface area contributed by atoms with Crippen LogP contribution in [0.4, 0.5) is 0 Å². The van der Waals surface area contributed by atoms with Gasteiger partial charge in [-0.05, 0) is 18.8 Å². The van der Waals surface area contributed by atoms with Gasteiger partial charge in [-0.15, -0.1) is 0 Å². The van der Waals surface area contributed by atoms with Gasteiger partial charge in [0.1, 0.15) is 0 Å². The van der Waals surface area contributed by atoms with Crippen molar-refractivity contribution in [1.29, 1.82) is 0 Å². The summed E-state index contributed by atoms with van der Waals surface area (Å²) in [6, 6.07) is 0. The second kappa shape index (κ2) is 14.8. The van der Waals surface area contributed by atoms with Gasteiger partial charge in [0.05, 0.1) is 0 Å². The minimum absolute atomic E-state index is 0.389. The van der Waals surface area contributed by atoms with Crippen LogP contribution in [0.1, 0.15) is 72.1 Å². The molecule has 0 bridgehead atoms. The van der Waals surface area contributed by atoms with E-state index in [9.17, 15) is 8.76 Å². The Labute approximate surface area is 136 Å². The van der Waals surface area contributed by atoms with Gasteiger partial charge < -0.3 is 4.55 Å². The van der Waals surface area contributed by atoms with Crippen LogP contribution >= 0.6 is 0 Å². The molecule has 0 aromatic rings. The molecule has 1 aliphatic carbocycles. The Morgan fingerprint density at radius 1 is 0.950 bits per heavy atom. The van der Waals surface area contributed by atoms with E-state index in [1.165, 1.54) is 38.5 Å². The van der Waals surface area contributed by atoms with Gasteiger partial charge in [0.2, 0.25) is 0 Å². The fourth-order valence-corrected chi connectivity index (χ4v) is 12.3. The molecule has 1 atom stereocenters. The van der Waals surface area contributed by atoms with Crippen LogP contribution in [0.2, 0.25) is 13.3 Å². The third-order valence-electron chi connectivity index (χ3n) is 3.72. The van der Waals surface area contributed by atoms with E-state index in [0.29, 0.717) is 11.7 Å². The molecule has 0 radical (unpaired) electrons. The summed E-state index contributed by atoms with van der Waals surface area (Å²) in [5, 5.41) is 0. The molecule has 20 heavy (non-hydrogen) atoms. The molecule has 0 aromatic carbocycles. The maximum absolute atomic E-state index is 9.85. The van der Waals surface area contributed by atoms with Crippen molar-refractivity contribution < 1.29 is 8.76 Å². The van der Waals surface area contributed by atoms with Crippen molar-refractivity contribution >= 4 is 30.8 Å². The van der Waals surface area contributed by atoms with Crippen molar-refractivity contribution in [3.63, 3.8) is 0 Å². The SMILES string of the molecule is CCC[CH2][Sn+]([CH2]CCC)[CH2]CCC.O=S([O-])CC1CC1. The van der Waals surface area contributed by atoms with Crippen molar-refractivity contribution in [2.75, 3.05) is 5.75 Å². The van der Waals surface area contributed by atoms with Crippen LogP contribution in [-0.2, 0) is 11.1 Å². The third kappa shape index (κ3) is 15.3. The first-order valence-corrected chi connectivity index (χ1v) is 15.8. The quantitative estimate of drug-likeness (QED) is 0.350. The summed E-state index contributed by atoms with van der Waals surface area (Å²) in [6.45, 7) is 7.00. The summed E-state index contributed by atoms with van der Waals surface area (Å²) in [5.74, 6) is 0.901. The van der Waals surface area contributed by atoms with E-state index in [0.717, 1.165) is 12.8 Å². The Kier molecular flexibility index (Phi) is 15.5. The van der Waals surface area contributed by atoms with Crippen LogP contribution in [0.25, 0.3) is 0 Å². The second-order valence-corrected chi connectivity index (χ2v) is 15.5. The van der Waals surface area contributed by atoms with Gasteiger partial charge in [-0.25, -0.2) is 0 Å². The molecule has 1 unspecified atom stereocenters. The molecule has 0 heterocycles. The maximum atomic E-state index is 9.85. The van der Waals surface area contributed by atoms with E-state index in [2.05, 4.69) is 20.8 Å². The van der Waals surface area contributed by atoms with Gasteiger partial charge in [-0.3, -0.25) is 4.21 Å².